The van der Waals surface area contributed by atoms with Gasteiger partial charge in [0.15, 0.2) is 23.8 Å². The van der Waals surface area contributed by atoms with Crippen molar-refractivity contribution in [3.05, 3.63) is 180 Å². The second-order valence-corrected chi connectivity index (χ2v) is 17.7. The average Bonchev–Trinajstić information content (AvgIpc) is 3.36. The maximum Gasteiger partial charge on any atom is 2.00 e. The Hall–Kier alpha value is -5.20. The maximum atomic E-state index is 11.8. The van der Waals surface area contributed by atoms with Crippen LogP contribution in [0.5, 0.6) is 11.5 Å². The molecule has 6 aromatic rings. The summed E-state index contributed by atoms with van der Waals surface area (Å²) in [5, 5.41) is 37.7. The quantitative estimate of drug-likeness (QED) is 0.0755. The number of aromatic nitrogens is 4. The van der Waals surface area contributed by atoms with Crippen molar-refractivity contribution in [3.63, 3.8) is 0 Å². The number of pyridine rings is 4. The number of aromatic amines is 2. The molecule has 0 spiro atoms. The van der Waals surface area contributed by atoms with Crippen LogP contribution in [-0.4, -0.2) is 85.4 Å². The smallest absolute Gasteiger partial charge is 0.872 e. The van der Waals surface area contributed by atoms with E-state index in [2.05, 4.69) is 53.8 Å². The van der Waals surface area contributed by atoms with Gasteiger partial charge in [-0.25, -0.2) is 84.5 Å². The number of halogens is 4. The van der Waals surface area contributed by atoms with Crippen LogP contribution in [0.2, 0.25) is 0 Å². The molecule has 2 atom stereocenters. The Morgan fingerprint density at radius 3 is 0.887 bits per heavy atom. The van der Waals surface area contributed by atoms with Gasteiger partial charge in [-0.1, -0.05) is 72.8 Å². The van der Waals surface area contributed by atoms with Gasteiger partial charge < -0.3 is 20.4 Å². The molecular weight excluding hydrogens is 1250 g/mol. The molecule has 4 aromatic heterocycles. The van der Waals surface area contributed by atoms with Gasteiger partial charge in [-0.05, 0) is 49.2 Å². The third kappa shape index (κ3) is 47.6. The van der Waals surface area contributed by atoms with Crippen molar-refractivity contribution >= 4 is 24.9 Å². The molecule has 34 heteroatoms. The van der Waals surface area contributed by atoms with Gasteiger partial charge in [-0.3, -0.25) is 29.9 Å². The Bertz CT molecular complexity index is 2370. The summed E-state index contributed by atoms with van der Waals surface area (Å²) in [5.41, 5.74) is 4.23. The molecule has 2 radical (unpaired) electrons. The normalized spacial score (nSPS) is 12.5. The second-order valence-electron chi connectivity index (χ2n) is 14.6. The van der Waals surface area contributed by atoms with E-state index in [4.69, 9.17) is 84.8 Å². The molecule has 0 aliphatic carbocycles. The van der Waals surface area contributed by atoms with Gasteiger partial charge >= 0.3 is 34.1 Å². The van der Waals surface area contributed by atoms with Crippen molar-refractivity contribution in [1.82, 2.24) is 9.97 Å². The molecule has 0 bridgehead atoms. The fourth-order valence-corrected chi connectivity index (χ4v) is 5.43. The zero-order chi connectivity index (χ0) is 59.9. The number of hydrogen-bond donors (Lipinski definition) is 2. The summed E-state index contributed by atoms with van der Waals surface area (Å²) in [5.74, 6) is -0.0511. The van der Waals surface area contributed by atoms with Crippen molar-refractivity contribution in [1.29, 1.82) is 0 Å². The summed E-state index contributed by atoms with van der Waals surface area (Å²) in [6, 6.07) is 37.2. The van der Waals surface area contributed by atoms with Crippen LogP contribution in [0.4, 0.5) is 0 Å². The first-order valence-corrected chi connectivity index (χ1v) is 25.9. The molecule has 6 rings (SSSR count). The number of aliphatic hydroxyl groups is 2. The Morgan fingerprint density at radius 1 is 0.400 bits per heavy atom. The first-order valence-electron chi connectivity index (χ1n) is 21.0. The summed E-state index contributed by atoms with van der Waals surface area (Å²) < 4.78 is 136. The number of H-pyrrole nitrogens is 2. The molecule has 80 heavy (non-hydrogen) atoms. The Balaban J connectivity index is -0.000000507. The third-order valence-electron chi connectivity index (χ3n) is 8.60. The predicted molar refractivity (Wildman–Crippen MR) is 227 cm³/mol. The standard InChI is InChI=1S/2C22H22N4O.2CH4O.4ClHO4.2Cu/c2*1-22(21-11-5-7-13-26-21,17-24-15-19-9-4-6-12-25-19)16-23-14-18-8-2-3-10-20(18)27;2*1-2;4*2-1(3,4)5;;/h2*2-15,27H,16-17H2,1H3;2*2H,1H3;4*(H,2,3,4,5);;/q;;;;;;;;2*+2/p-4/t2*22-;;;;;;;;/m10......../s1. The predicted octanol–water partition coefficient (Wildman–Crippen LogP) is -14.9. The number of benzene rings is 2. The van der Waals surface area contributed by atoms with E-state index < -0.39 is 41.0 Å². The van der Waals surface area contributed by atoms with Gasteiger partial charge in [0.25, 0.3) is 0 Å². The average molecular weight is 1310 g/mol. The molecule has 0 aliphatic heterocycles. The van der Waals surface area contributed by atoms with Crippen LogP contribution < -0.4 is 94.7 Å². The van der Waals surface area contributed by atoms with Crippen LogP contribution in [0.15, 0.2) is 166 Å². The number of aliphatic imine (C=N–C) groups is 4. The van der Waals surface area contributed by atoms with Crippen molar-refractivity contribution in [3.8, 4) is 11.5 Å². The molecule has 0 saturated heterocycles. The molecule has 2 aromatic carbocycles. The summed E-state index contributed by atoms with van der Waals surface area (Å²) in [4.78, 5) is 33.4. The van der Waals surface area contributed by atoms with E-state index >= 15 is 0 Å². The van der Waals surface area contributed by atoms with E-state index in [0.29, 0.717) is 37.3 Å². The van der Waals surface area contributed by atoms with E-state index in [1.54, 1.807) is 73.7 Å². The third-order valence-corrected chi connectivity index (χ3v) is 8.60. The van der Waals surface area contributed by atoms with E-state index in [9.17, 15) is 10.2 Å². The van der Waals surface area contributed by atoms with Crippen molar-refractivity contribution < 1.29 is 180 Å². The zero-order valence-corrected chi connectivity index (χ0v) is 46.9. The van der Waals surface area contributed by atoms with Crippen molar-refractivity contribution in [2.75, 3.05) is 40.4 Å². The minimum Gasteiger partial charge on any atom is -0.872 e. The van der Waals surface area contributed by atoms with Gasteiger partial charge in [0.05, 0.1) is 48.4 Å². The van der Waals surface area contributed by atoms with Crippen LogP contribution in [-0.2, 0) is 45.0 Å². The summed E-state index contributed by atoms with van der Waals surface area (Å²) in [6.45, 7) is 6.30. The Kier molecular flexibility index (Phi) is 44.2. The molecule has 4 N–H and O–H groups in total. The van der Waals surface area contributed by atoms with Crippen LogP contribution in [0.3, 0.4) is 0 Å². The van der Waals surface area contributed by atoms with Crippen molar-refractivity contribution in [2.45, 2.75) is 24.7 Å². The first kappa shape index (κ1) is 81.3. The van der Waals surface area contributed by atoms with Crippen LogP contribution >= 0.6 is 0 Å². The van der Waals surface area contributed by atoms with Gasteiger partial charge in [-0.2, -0.15) is 0 Å². The first-order chi connectivity index (χ1) is 36.3. The minimum atomic E-state index is -4.94. The van der Waals surface area contributed by atoms with Crippen LogP contribution in [0.25, 0.3) is 0 Å². The Morgan fingerprint density at radius 2 is 0.650 bits per heavy atom. The van der Waals surface area contributed by atoms with Crippen LogP contribution in [0.1, 0.15) is 47.8 Å². The zero-order valence-electron chi connectivity index (χ0n) is 42.0. The topological polar surface area (TPSA) is 559 Å². The summed E-state index contributed by atoms with van der Waals surface area (Å²) in [7, 11) is -17.8. The van der Waals surface area contributed by atoms with Gasteiger partial charge in [-0.15, -0.1) is 52.5 Å². The number of rotatable bonds is 14. The molecular formula is C46H52Cl4Cu2N8O20. The van der Waals surface area contributed by atoms with E-state index in [1.807, 2.05) is 97.3 Å². The maximum absolute atomic E-state index is 11.8. The van der Waals surface area contributed by atoms with E-state index in [0.717, 1.165) is 37.0 Å². The molecule has 0 amide bonds. The molecule has 0 unspecified atom stereocenters. The van der Waals surface area contributed by atoms with E-state index in [1.165, 1.54) is 0 Å². The molecule has 0 aliphatic rings. The number of nitrogens with one attached hydrogen (secondary N) is 2. The number of hydrogen-bond acceptors (Lipinski definition) is 26. The molecule has 0 fully saturated rings. The van der Waals surface area contributed by atoms with Gasteiger partial charge in [0, 0.05) is 75.7 Å². The van der Waals surface area contributed by atoms with Gasteiger partial charge in [0.1, 0.15) is 0 Å². The molecule has 0 saturated carbocycles. The number of para-hydroxylation sites is 2. The van der Waals surface area contributed by atoms with Crippen molar-refractivity contribution in [2.24, 2.45) is 20.0 Å². The fraction of sp³-hybridized carbons (Fsp3) is 0.217. The minimum absolute atomic E-state index is 0. The second kappa shape index (κ2) is 43.5. The monoisotopic (exact) mass is 1300 g/mol. The largest absolute Gasteiger partial charge is 2.00 e. The SMILES string of the molecule is CO.CO.C[C@@](CN=Cc1ccccn1)(CN=Cc1ccccc1[O-])c1cccc[nH+]1.C[C@](CN=Cc1ccccn1)(CN=Cc1ccccc1[O-])c1cccc[nH+]1.[Cu+2].[Cu+2].[O-][Cl+3]([O-])([O-])[O-].[O-][Cl+3]([O-])([O-])[O-].[O-][Cl+3]([O-])([O-])[O-].[O-][Cl+3]([O-])([O-])[O-]. The summed E-state index contributed by atoms with van der Waals surface area (Å²) >= 11 is 0. The van der Waals surface area contributed by atoms with Gasteiger partial charge in [0.2, 0.25) is 0 Å². The number of aliphatic hydroxyl groups excluding tert-OH is 2. The van der Waals surface area contributed by atoms with E-state index in [-0.39, 0.29) is 56.5 Å². The fourth-order valence-electron chi connectivity index (χ4n) is 5.43. The number of nitrogens with zero attached hydrogens (tertiary/aromatic N) is 6. The summed E-state index contributed by atoms with van der Waals surface area (Å²) in [6.07, 6.45) is 14.1. The molecule has 4 heterocycles. The Labute approximate surface area is 488 Å². The molecule has 28 nitrogen and oxygen atoms in total. The molecule has 446 valence electrons. The van der Waals surface area contributed by atoms with Crippen LogP contribution in [0, 0.1) is 41.0 Å².